The summed E-state index contributed by atoms with van der Waals surface area (Å²) < 4.78 is 27.7. The van der Waals surface area contributed by atoms with Crippen LogP contribution in [0.25, 0.3) is 0 Å². The van der Waals surface area contributed by atoms with E-state index in [0.29, 0.717) is 37.6 Å². The van der Waals surface area contributed by atoms with E-state index in [1.54, 1.807) is 18.2 Å². The lowest BCUT2D eigenvalue weighted by molar-refractivity contribution is 0.0921. The van der Waals surface area contributed by atoms with Gasteiger partial charge in [-0.05, 0) is 23.8 Å². The Bertz CT molecular complexity index is 806. The van der Waals surface area contributed by atoms with Gasteiger partial charge in [-0.15, -0.1) is 0 Å². The van der Waals surface area contributed by atoms with Crippen LogP contribution in [0.1, 0.15) is 11.7 Å². The van der Waals surface area contributed by atoms with Crippen LogP contribution in [0.15, 0.2) is 64.0 Å². The van der Waals surface area contributed by atoms with Crippen molar-refractivity contribution in [3.63, 3.8) is 0 Å². The molecule has 0 amide bonds. The van der Waals surface area contributed by atoms with E-state index in [1.807, 2.05) is 36.4 Å². The molecule has 1 saturated heterocycles. The fourth-order valence-electron chi connectivity index (χ4n) is 2.95. The minimum atomic E-state index is -3.47. The Morgan fingerprint density at radius 1 is 1.00 bits per heavy atom. The highest BCUT2D eigenvalue weighted by atomic mass is 79.9. The number of hydrogen-bond acceptors (Lipinski definition) is 4. The molecule has 0 unspecified atom stereocenters. The molecule has 0 aliphatic carbocycles. The molecule has 1 fully saturated rings. The zero-order valence-electron chi connectivity index (χ0n) is 13.8. The predicted molar refractivity (Wildman–Crippen MR) is 101 cm³/mol. The molecule has 134 valence electrons. The van der Waals surface area contributed by atoms with Crippen LogP contribution in [0.4, 0.5) is 0 Å². The quantitative estimate of drug-likeness (QED) is 0.800. The van der Waals surface area contributed by atoms with Crippen LogP contribution < -0.4 is 0 Å². The first-order valence-corrected chi connectivity index (χ1v) is 10.4. The van der Waals surface area contributed by atoms with Crippen LogP contribution in [0.5, 0.6) is 0 Å². The lowest BCUT2D eigenvalue weighted by Gasteiger charge is -2.35. The van der Waals surface area contributed by atoms with Gasteiger partial charge in [0.15, 0.2) is 0 Å². The molecular formula is C18H21BrN2O3S. The van der Waals surface area contributed by atoms with E-state index in [2.05, 4.69) is 20.8 Å². The van der Waals surface area contributed by atoms with E-state index >= 15 is 0 Å². The number of nitrogens with zero attached hydrogens (tertiary/aromatic N) is 2. The Morgan fingerprint density at radius 2 is 1.68 bits per heavy atom. The molecule has 0 saturated carbocycles. The second-order valence-corrected chi connectivity index (χ2v) is 8.94. The van der Waals surface area contributed by atoms with E-state index in [-0.39, 0.29) is 0 Å². The summed E-state index contributed by atoms with van der Waals surface area (Å²) in [4.78, 5) is 2.41. The Balaban J connectivity index is 1.60. The zero-order valence-corrected chi connectivity index (χ0v) is 16.2. The second-order valence-electron chi connectivity index (χ2n) is 6.09. The molecule has 1 N–H and O–H groups in total. The summed E-state index contributed by atoms with van der Waals surface area (Å²) in [6.07, 6.45) is -0.561. The Morgan fingerprint density at radius 3 is 2.32 bits per heavy atom. The standard InChI is InChI=1S/C18H21BrN2O3S/c19-16-7-4-8-17(13-16)25(23,24)21-11-9-20(10-12-21)14-18(22)15-5-2-1-3-6-15/h1-8,13,18,22H,9-12,14H2/t18-/m1/s1. The number of rotatable bonds is 5. The van der Waals surface area contributed by atoms with Gasteiger partial charge in [-0.2, -0.15) is 4.31 Å². The monoisotopic (exact) mass is 424 g/mol. The molecule has 5 nitrogen and oxygen atoms in total. The van der Waals surface area contributed by atoms with Crippen molar-refractivity contribution in [1.82, 2.24) is 9.21 Å². The number of hydrogen-bond donors (Lipinski definition) is 1. The number of aliphatic hydroxyl groups excluding tert-OH is 1. The normalized spacial score (nSPS) is 18.2. The number of benzene rings is 2. The molecule has 0 bridgehead atoms. The molecule has 0 spiro atoms. The SMILES string of the molecule is O=S(=O)(c1cccc(Br)c1)N1CCN(C[C@@H](O)c2ccccc2)CC1. The van der Waals surface area contributed by atoms with Crippen LogP contribution >= 0.6 is 15.9 Å². The topological polar surface area (TPSA) is 60.9 Å². The van der Waals surface area contributed by atoms with Gasteiger partial charge in [0.05, 0.1) is 11.0 Å². The smallest absolute Gasteiger partial charge is 0.243 e. The summed E-state index contributed by atoms with van der Waals surface area (Å²) in [6.45, 7) is 2.58. The van der Waals surface area contributed by atoms with Crippen LogP contribution in [-0.2, 0) is 10.0 Å². The Kier molecular flexibility index (Phi) is 5.91. The molecule has 3 rings (SSSR count). The highest BCUT2D eigenvalue weighted by Crippen LogP contribution is 2.22. The van der Waals surface area contributed by atoms with Gasteiger partial charge >= 0.3 is 0 Å². The molecule has 2 aromatic rings. The largest absolute Gasteiger partial charge is 0.387 e. The lowest BCUT2D eigenvalue weighted by Crippen LogP contribution is -2.49. The molecular weight excluding hydrogens is 404 g/mol. The van der Waals surface area contributed by atoms with E-state index in [4.69, 9.17) is 0 Å². The fraction of sp³-hybridized carbons (Fsp3) is 0.333. The minimum absolute atomic E-state index is 0.305. The summed E-state index contributed by atoms with van der Waals surface area (Å²) >= 11 is 3.32. The van der Waals surface area contributed by atoms with Crippen molar-refractivity contribution in [2.75, 3.05) is 32.7 Å². The van der Waals surface area contributed by atoms with Crippen molar-refractivity contribution in [2.24, 2.45) is 0 Å². The maximum absolute atomic E-state index is 12.7. The average Bonchev–Trinajstić information content (AvgIpc) is 2.63. The number of β-amino-alcohol motifs (C(OH)–C–C–N with tert-alkyl or cyclic N) is 1. The van der Waals surface area contributed by atoms with Gasteiger partial charge in [0.2, 0.25) is 10.0 Å². The first-order chi connectivity index (χ1) is 12.0. The van der Waals surface area contributed by atoms with Crippen molar-refractivity contribution >= 4 is 26.0 Å². The summed E-state index contributed by atoms with van der Waals surface area (Å²) in [6, 6.07) is 16.3. The molecule has 2 aromatic carbocycles. The van der Waals surface area contributed by atoms with Gasteiger partial charge in [0.1, 0.15) is 0 Å². The van der Waals surface area contributed by atoms with Crippen molar-refractivity contribution in [2.45, 2.75) is 11.0 Å². The molecule has 7 heteroatoms. The summed E-state index contributed by atoms with van der Waals surface area (Å²) in [5.41, 5.74) is 0.881. The van der Waals surface area contributed by atoms with Gasteiger partial charge in [-0.25, -0.2) is 8.42 Å². The number of piperazine rings is 1. The van der Waals surface area contributed by atoms with E-state index in [1.165, 1.54) is 4.31 Å². The summed E-state index contributed by atoms with van der Waals surface area (Å²) in [7, 11) is -3.47. The Labute approximate surface area is 157 Å². The predicted octanol–water partition coefficient (Wildman–Crippen LogP) is 2.49. The number of aliphatic hydroxyl groups is 1. The molecule has 1 atom stereocenters. The van der Waals surface area contributed by atoms with Crippen LogP contribution in [0.3, 0.4) is 0 Å². The first-order valence-electron chi connectivity index (χ1n) is 8.18. The fourth-order valence-corrected chi connectivity index (χ4v) is 4.97. The van der Waals surface area contributed by atoms with Gasteiger partial charge in [0, 0.05) is 37.2 Å². The Hall–Kier alpha value is -1.25. The van der Waals surface area contributed by atoms with Crippen LogP contribution in [-0.4, -0.2) is 55.5 Å². The maximum atomic E-state index is 12.7. The van der Waals surface area contributed by atoms with Crippen molar-refractivity contribution < 1.29 is 13.5 Å². The van der Waals surface area contributed by atoms with Crippen LogP contribution in [0, 0.1) is 0 Å². The second kappa shape index (κ2) is 7.97. The zero-order chi connectivity index (χ0) is 17.9. The minimum Gasteiger partial charge on any atom is -0.387 e. The van der Waals surface area contributed by atoms with Gasteiger partial charge in [0.25, 0.3) is 0 Å². The van der Waals surface area contributed by atoms with Gasteiger partial charge in [-0.1, -0.05) is 52.3 Å². The van der Waals surface area contributed by atoms with Crippen molar-refractivity contribution in [3.8, 4) is 0 Å². The van der Waals surface area contributed by atoms with Crippen LogP contribution in [0.2, 0.25) is 0 Å². The molecule has 1 heterocycles. The highest BCUT2D eigenvalue weighted by Gasteiger charge is 2.29. The molecule has 0 radical (unpaired) electrons. The van der Waals surface area contributed by atoms with Gasteiger partial charge in [-0.3, -0.25) is 4.90 Å². The summed E-state index contributed by atoms with van der Waals surface area (Å²) in [5, 5.41) is 10.3. The highest BCUT2D eigenvalue weighted by molar-refractivity contribution is 9.10. The molecule has 1 aliphatic heterocycles. The molecule has 0 aromatic heterocycles. The number of sulfonamides is 1. The molecule has 1 aliphatic rings. The van der Waals surface area contributed by atoms with E-state index in [0.717, 1.165) is 10.0 Å². The first kappa shape index (κ1) is 18.5. The third-order valence-electron chi connectivity index (χ3n) is 4.38. The third-order valence-corrected chi connectivity index (χ3v) is 6.77. The van der Waals surface area contributed by atoms with Gasteiger partial charge < -0.3 is 5.11 Å². The third kappa shape index (κ3) is 4.48. The average molecular weight is 425 g/mol. The lowest BCUT2D eigenvalue weighted by atomic mass is 10.1. The van der Waals surface area contributed by atoms with E-state index < -0.39 is 16.1 Å². The number of halogens is 1. The summed E-state index contributed by atoms with van der Waals surface area (Å²) in [5.74, 6) is 0. The maximum Gasteiger partial charge on any atom is 0.243 e. The molecule has 25 heavy (non-hydrogen) atoms. The van der Waals surface area contributed by atoms with E-state index in [9.17, 15) is 13.5 Å². The van der Waals surface area contributed by atoms with Crippen molar-refractivity contribution in [3.05, 3.63) is 64.6 Å². The van der Waals surface area contributed by atoms with Crippen molar-refractivity contribution in [1.29, 1.82) is 0 Å².